The van der Waals surface area contributed by atoms with Gasteiger partial charge in [0.15, 0.2) is 0 Å². The normalized spacial score (nSPS) is 13.7. The lowest BCUT2D eigenvalue weighted by Crippen LogP contribution is -2.35. The largest absolute Gasteiger partial charge is 0.474 e. The molecular formula is C15H25ClN2O. The van der Waals surface area contributed by atoms with Gasteiger partial charge in [0.05, 0.1) is 11.1 Å². The monoisotopic (exact) mass is 284 g/mol. The molecule has 0 spiro atoms. The molecule has 0 radical (unpaired) electrons. The van der Waals surface area contributed by atoms with E-state index < -0.39 is 0 Å². The van der Waals surface area contributed by atoms with Gasteiger partial charge in [0.1, 0.15) is 0 Å². The maximum absolute atomic E-state index is 6.17. The molecule has 0 bridgehead atoms. The first kappa shape index (κ1) is 16.3. The molecule has 1 aromatic heterocycles. The SMILES string of the molecule is CC(C)C(C)Oc1cc(CNC(C)(C)C)c(Cl)cn1. The Morgan fingerprint density at radius 1 is 1.32 bits per heavy atom. The molecule has 1 unspecified atom stereocenters. The third-order valence-electron chi connectivity index (χ3n) is 2.96. The lowest BCUT2D eigenvalue weighted by molar-refractivity contribution is 0.163. The van der Waals surface area contributed by atoms with Crippen LogP contribution in [0, 0.1) is 5.92 Å². The minimum absolute atomic E-state index is 0.0544. The number of halogens is 1. The molecule has 1 N–H and O–H groups in total. The van der Waals surface area contributed by atoms with Gasteiger partial charge in [-0.1, -0.05) is 25.4 Å². The zero-order valence-electron chi connectivity index (χ0n) is 12.7. The molecule has 1 rings (SSSR count). The average Bonchev–Trinajstić information content (AvgIpc) is 2.28. The molecule has 19 heavy (non-hydrogen) atoms. The van der Waals surface area contributed by atoms with E-state index in [1.54, 1.807) is 6.20 Å². The third-order valence-corrected chi connectivity index (χ3v) is 3.30. The van der Waals surface area contributed by atoms with Gasteiger partial charge in [0.25, 0.3) is 0 Å². The van der Waals surface area contributed by atoms with Crippen LogP contribution in [-0.2, 0) is 6.54 Å². The second-order valence-electron chi connectivity index (χ2n) is 6.28. The quantitative estimate of drug-likeness (QED) is 0.886. The van der Waals surface area contributed by atoms with Crippen LogP contribution in [0.2, 0.25) is 5.02 Å². The van der Waals surface area contributed by atoms with Crippen molar-refractivity contribution < 1.29 is 4.74 Å². The number of nitrogens with zero attached hydrogens (tertiary/aromatic N) is 1. The van der Waals surface area contributed by atoms with Gasteiger partial charge in [-0.15, -0.1) is 0 Å². The lowest BCUT2D eigenvalue weighted by Gasteiger charge is -2.22. The molecule has 0 aromatic carbocycles. The minimum atomic E-state index is 0.0544. The molecule has 0 aliphatic rings. The van der Waals surface area contributed by atoms with Crippen molar-refractivity contribution in [3.63, 3.8) is 0 Å². The zero-order chi connectivity index (χ0) is 14.6. The number of nitrogens with one attached hydrogen (secondary N) is 1. The predicted molar refractivity (Wildman–Crippen MR) is 80.8 cm³/mol. The summed E-state index contributed by atoms with van der Waals surface area (Å²) in [6.45, 7) is 13.4. The summed E-state index contributed by atoms with van der Waals surface area (Å²) in [6, 6.07) is 1.92. The molecular weight excluding hydrogens is 260 g/mol. The van der Waals surface area contributed by atoms with Gasteiger partial charge in [-0.2, -0.15) is 0 Å². The highest BCUT2D eigenvalue weighted by Crippen LogP contribution is 2.21. The second kappa shape index (κ2) is 6.58. The van der Waals surface area contributed by atoms with Gasteiger partial charge in [-0.3, -0.25) is 0 Å². The number of aromatic nitrogens is 1. The summed E-state index contributed by atoms with van der Waals surface area (Å²) in [5.41, 5.74) is 1.07. The van der Waals surface area contributed by atoms with Crippen LogP contribution >= 0.6 is 11.6 Å². The Hall–Kier alpha value is -0.800. The number of hydrogen-bond donors (Lipinski definition) is 1. The van der Waals surface area contributed by atoms with Crippen molar-refractivity contribution in [1.82, 2.24) is 10.3 Å². The Morgan fingerprint density at radius 2 is 1.95 bits per heavy atom. The van der Waals surface area contributed by atoms with Gasteiger partial charge in [0.2, 0.25) is 5.88 Å². The summed E-state index contributed by atoms with van der Waals surface area (Å²) in [4.78, 5) is 4.22. The minimum Gasteiger partial charge on any atom is -0.474 e. The molecule has 3 nitrogen and oxygen atoms in total. The van der Waals surface area contributed by atoms with Crippen LogP contribution in [0.5, 0.6) is 5.88 Å². The fourth-order valence-electron chi connectivity index (χ4n) is 1.35. The van der Waals surface area contributed by atoms with Crippen molar-refractivity contribution in [3.05, 3.63) is 22.8 Å². The number of pyridine rings is 1. The van der Waals surface area contributed by atoms with Gasteiger partial charge < -0.3 is 10.1 Å². The maximum atomic E-state index is 6.17. The summed E-state index contributed by atoms with van der Waals surface area (Å²) in [5.74, 6) is 1.09. The topological polar surface area (TPSA) is 34.1 Å². The maximum Gasteiger partial charge on any atom is 0.213 e. The van der Waals surface area contributed by atoms with Crippen molar-refractivity contribution in [2.24, 2.45) is 5.92 Å². The van der Waals surface area contributed by atoms with Gasteiger partial charge in [-0.05, 0) is 39.2 Å². The van der Waals surface area contributed by atoms with Crippen molar-refractivity contribution in [2.75, 3.05) is 0 Å². The van der Waals surface area contributed by atoms with E-state index in [4.69, 9.17) is 16.3 Å². The molecule has 0 aliphatic heterocycles. The molecule has 0 fully saturated rings. The van der Waals surface area contributed by atoms with Gasteiger partial charge in [0, 0.05) is 24.3 Å². The number of ether oxygens (including phenoxy) is 1. The van der Waals surface area contributed by atoms with Crippen LogP contribution in [0.25, 0.3) is 0 Å². The molecule has 1 aromatic rings. The summed E-state index contributed by atoms with van der Waals surface area (Å²) < 4.78 is 5.81. The Morgan fingerprint density at radius 3 is 2.47 bits per heavy atom. The lowest BCUT2D eigenvalue weighted by atomic mass is 10.1. The Kier molecular flexibility index (Phi) is 5.63. The van der Waals surface area contributed by atoms with E-state index in [2.05, 4.69) is 44.9 Å². The van der Waals surface area contributed by atoms with Crippen LogP contribution < -0.4 is 10.1 Å². The Labute approximate surface area is 121 Å². The molecule has 1 heterocycles. The summed E-state index contributed by atoms with van der Waals surface area (Å²) in [7, 11) is 0. The van der Waals surface area contributed by atoms with Crippen molar-refractivity contribution in [3.8, 4) is 5.88 Å². The second-order valence-corrected chi connectivity index (χ2v) is 6.69. The predicted octanol–water partition coefficient (Wildman–Crippen LogP) is 4.05. The first-order valence-electron chi connectivity index (χ1n) is 6.75. The van der Waals surface area contributed by atoms with Crippen molar-refractivity contribution >= 4 is 11.6 Å². The number of rotatable bonds is 5. The van der Waals surface area contributed by atoms with Crippen LogP contribution in [0.4, 0.5) is 0 Å². The van der Waals surface area contributed by atoms with E-state index in [-0.39, 0.29) is 11.6 Å². The first-order valence-corrected chi connectivity index (χ1v) is 7.13. The molecule has 0 saturated carbocycles. The van der Waals surface area contributed by atoms with Crippen LogP contribution in [0.1, 0.15) is 47.1 Å². The van der Waals surface area contributed by atoms with Crippen LogP contribution in [0.3, 0.4) is 0 Å². The Bertz CT molecular complexity index is 413. The van der Waals surface area contributed by atoms with E-state index in [0.29, 0.717) is 23.4 Å². The third kappa shape index (κ3) is 5.79. The smallest absolute Gasteiger partial charge is 0.213 e. The van der Waals surface area contributed by atoms with Crippen molar-refractivity contribution in [2.45, 2.75) is 59.7 Å². The molecule has 4 heteroatoms. The molecule has 0 saturated heterocycles. The molecule has 0 amide bonds. The van der Waals surface area contributed by atoms with E-state index >= 15 is 0 Å². The highest BCUT2D eigenvalue weighted by atomic mass is 35.5. The van der Waals surface area contributed by atoms with E-state index in [1.807, 2.05) is 13.0 Å². The standard InChI is InChI=1S/C15H25ClN2O/c1-10(2)11(3)19-14-7-12(13(16)9-17-14)8-18-15(4,5)6/h7,9-11,18H,8H2,1-6H3. The highest BCUT2D eigenvalue weighted by Gasteiger charge is 2.13. The first-order chi connectivity index (χ1) is 8.69. The van der Waals surface area contributed by atoms with E-state index in [1.165, 1.54) is 0 Å². The fourth-order valence-corrected chi connectivity index (χ4v) is 1.52. The summed E-state index contributed by atoms with van der Waals surface area (Å²) >= 11 is 6.17. The molecule has 108 valence electrons. The molecule has 1 atom stereocenters. The number of hydrogen-bond acceptors (Lipinski definition) is 3. The summed E-state index contributed by atoms with van der Waals surface area (Å²) in [6.07, 6.45) is 1.79. The van der Waals surface area contributed by atoms with E-state index in [9.17, 15) is 0 Å². The average molecular weight is 285 g/mol. The molecule has 0 aliphatic carbocycles. The fraction of sp³-hybridized carbons (Fsp3) is 0.667. The summed E-state index contributed by atoms with van der Waals surface area (Å²) in [5, 5.41) is 4.08. The van der Waals surface area contributed by atoms with Crippen molar-refractivity contribution in [1.29, 1.82) is 0 Å². The van der Waals surface area contributed by atoms with Crippen LogP contribution in [0.15, 0.2) is 12.3 Å². The Balaban J connectivity index is 2.77. The van der Waals surface area contributed by atoms with E-state index in [0.717, 1.165) is 5.56 Å². The van der Waals surface area contributed by atoms with Crippen LogP contribution in [-0.4, -0.2) is 16.6 Å². The van der Waals surface area contributed by atoms with Gasteiger partial charge in [-0.25, -0.2) is 4.98 Å². The van der Waals surface area contributed by atoms with Gasteiger partial charge >= 0.3 is 0 Å². The zero-order valence-corrected chi connectivity index (χ0v) is 13.5. The highest BCUT2D eigenvalue weighted by molar-refractivity contribution is 6.31.